The molecule has 7 aromatic rings. The summed E-state index contributed by atoms with van der Waals surface area (Å²) in [5, 5.41) is 49.5. The number of rotatable bonds is 21. The number of nitriles is 2. The number of carbonyl (C=O) groups excluding carboxylic acids is 1. The van der Waals surface area contributed by atoms with E-state index in [0.29, 0.717) is 36.5 Å². The van der Waals surface area contributed by atoms with Crippen LogP contribution in [0.2, 0.25) is 0 Å². The van der Waals surface area contributed by atoms with Crippen molar-refractivity contribution in [3.8, 4) is 24.0 Å². The second-order valence-electron chi connectivity index (χ2n) is 19.2. The number of benzene rings is 6. The maximum atomic E-state index is 12.7. The number of aliphatic carboxylic acids is 1. The molecule has 0 amide bonds. The molecule has 0 bridgehead atoms. The summed E-state index contributed by atoms with van der Waals surface area (Å²) in [6.07, 6.45) is 8.76. The highest BCUT2D eigenvalue weighted by Gasteiger charge is 2.56. The number of allylic oxidation sites excluding steroid dienone is 6. The standard InChI is InChI=1S/C64H55N5O7/c1-3-5-18-45-29-31-56-55(38-45)63(34-6-4-2,41-50-30-32-57(76-50)69(73)74)61(67(56)36-37-75-44-70)48(42-65)23-17-24-49(43-66)62-64(39-46-19-9-7-10-20-46,40-47-21-11-8-12-22-47)59-53-27-15-13-25-51(53)52-26-14-16-28-54(52)60(59)68(62)35-33-58(71)72/h7-17,19-32,38,44H,3,5,18,33-37,39-41H2,1-2H3/p+1. The Morgan fingerprint density at radius 3 is 2.09 bits per heavy atom. The highest BCUT2D eigenvalue weighted by Crippen LogP contribution is 2.55. The largest absolute Gasteiger partial charge is 0.481 e. The molecule has 12 nitrogen and oxygen atoms in total. The SMILES string of the molecule is CC#CCC1(Cc2ccc([N+](=O)[O-])o2)/C(=C(C#N)/C=C/C=C(\C#N)C2=[N+](CCC(=O)O)c3c(c4ccccc4c4ccccc34)C2(Cc2ccccc2)Cc2ccccc2)N(CCOC=O)c2ccc(CCCC)cc21. The van der Waals surface area contributed by atoms with Gasteiger partial charge < -0.3 is 19.2 Å². The number of carboxylic acid groups (broad SMARTS) is 1. The van der Waals surface area contributed by atoms with Crippen LogP contribution in [0.1, 0.15) is 73.1 Å². The molecule has 0 saturated carbocycles. The molecule has 3 heterocycles. The number of hydrogen-bond acceptors (Lipinski definition) is 9. The molecule has 12 heteroatoms. The van der Waals surface area contributed by atoms with Gasteiger partial charge in [0.15, 0.2) is 6.54 Å². The molecule has 378 valence electrons. The van der Waals surface area contributed by atoms with Crippen molar-refractivity contribution in [3.05, 3.63) is 218 Å². The van der Waals surface area contributed by atoms with Crippen LogP contribution in [0.15, 0.2) is 179 Å². The molecule has 9 rings (SSSR count). The number of unbranched alkanes of at least 4 members (excludes halogenated alkanes) is 1. The predicted molar refractivity (Wildman–Crippen MR) is 294 cm³/mol. The fourth-order valence-corrected chi connectivity index (χ4v) is 11.7. The van der Waals surface area contributed by atoms with Crippen molar-refractivity contribution >= 4 is 57.0 Å². The number of nitro groups is 1. The second-order valence-corrected chi connectivity index (χ2v) is 19.2. The molecular formula is C64H56N5O7+. The van der Waals surface area contributed by atoms with Gasteiger partial charge >= 0.3 is 11.9 Å². The van der Waals surface area contributed by atoms with Crippen LogP contribution in [0.25, 0.3) is 21.5 Å². The van der Waals surface area contributed by atoms with Crippen LogP contribution in [0, 0.1) is 44.6 Å². The zero-order chi connectivity index (χ0) is 53.2. The number of nitrogens with zero attached hydrogens (tertiary/aromatic N) is 5. The minimum Gasteiger partial charge on any atom is -0.481 e. The van der Waals surface area contributed by atoms with Gasteiger partial charge in [-0.1, -0.05) is 135 Å². The van der Waals surface area contributed by atoms with E-state index in [1.54, 1.807) is 31.2 Å². The van der Waals surface area contributed by atoms with E-state index in [9.17, 15) is 35.3 Å². The molecule has 0 aliphatic carbocycles. The van der Waals surface area contributed by atoms with Crippen molar-refractivity contribution in [2.45, 2.75) is 76.0 Å². The Labute approximate surface area is 441 Å². The van der Waals surface area contributed by atoms with Gasteiger partial charge in [0.25, 0.3) is 6.47 Å². The number of carboxylic acids is 1. The van der Waals surface area contributed by atoms with Crippen LogP contribution in [0.5, 0.6) is 0 Å². The topological polar surface area (TPSA) is 174 Å². The Balaban J connectivity index is 1.33. The number of hydrogen-bond donors (Lipinski definition) is 1. The number of ether oxygens (including phenoxy) is 1. The molecule has 0 radical (unpaired) electrons. The Bertz CT molecular complexity index is 3620. The van der Waals surface area contributed by atoms with Crippen LogP contribution in [-0.2, 0) is 50.8 Å². The van der Waals surface area contributed by atoms with Crippen LogP contribution in [-0.4, -0.2) is 52.5 Å². The minimum absolute atomic E-state index is 0.0218. The van der Waals surface area contributed by atoms with Crippen LogP contribution >= 0.6 is 0 Å². The molecule has 2 aliphatic heterocycles. The van der Waals surface area contributed by atoms with Crippen LogP contribution < -0.4 is 4.90 Å². The number of anilines is 1. The third kappa shape index (κ3) is 9.91. The van der Waals surface area contributed by atoms with Crippen LogP contribution in [0.3, 0.4) is 0 Å². The van der Waals surface area contributed by atoms with Gasteiger partial charge in [0, 0.05) is 29.8 Å². The van der Waals surface area contributed by atoms with E-state index in [2.05, 4.69) is 96.1 Å². The first-order valence-electron chi connectivity index (χ1n) is 25.5. The lowest BCUT2D eigenvalue weighted by Crippen LogP contribution is -2.41. The van der Waals surface area contributed by atoms with E-state index >= 15 is 0 Å². The van der Waals surface area contributed by atoms with E-state index in [1.165, 1.54) is 6.07 Å². The smallest absolute Gasteiger partial charge is 0.433 e. The van der Waals surface area contributed by atoms with Crippen molar-refractivity contribution in [1.82, 2.24) is 0 Å². The van der Waals surface area contributed by atoms with Gasteiger partial charge in [0.05, 0.1) is 34.4 Å². The second kappa shape index (κ2) is 22.8. The molecule has 0 saturated heterocycles. The predicted octanol–water partition coefficient (Wildman–Crippen LogP) is 12.5. The first kappa shape index (κ1) is 51.6. The summed E-state index contributed by atoms with van der Waals surface area (Å²) in [5.41, 5.74) is 6.16. The van der Waals surface area contributed by atoms with E-state index in [-0.39, 0.29) is 50.1 Å². The van der Waals surface area contributed by atoms with Gasteiger partial charge in [0.1, 0.15) is 41.4 Å². The first-order valence-corrected chi connectivity index (χ1v) is 25.5. The first-order chi connectivity index (χ1) is 37.1. The van der Waals surface area contributed by atoms with E-state index in [4.69, 9.17) is 9.15 Å². The molecule has 1 unspecified atom stereocenters. The van der Waals surface area contributed by atoms with Gasteiger partial charge in [-0.3, -0.25) is 19.7 Å². The van der Waals surface area contributed by atoms with E-state index in [1.807, 2.05) is 71.6 Å². The average molecular weight is 1010 g/mol. The highest BCUT2D eigenvalue weighted by atomic mass is 16.6. The maximum absolute atomic E-state index is 12.7. The normalized spacial score (nSPS) is 16.2. The summed E-state index contributed by atoms with van der Waals surface area (Å²) in [6.45, 7) is 4.43. The third-order valence-electron chi connectivity index (χ3n) is 14.7. The molecule has 1 atom stereocenters. The van der Waals surface area contributed by atoms with Gasteiger partial charge in [0.2, 0.25) is 11.4 Å². The van der Waals surface area contributed by atoms with Gasteiger partial charge in [-0.15, -0.1) is 11.8 Å². The number of aryl methyl sites for hydroxylation is 1. The van der Waals surface area contributed by atoms with Crippen molar-refractivity contribution in [2.75, 3.05) is 24.6 Å². The van der Waals surface area contributed by atoms with Crippen molar-refractivity contribution < 1.29 is 33.3 Å². The molecule has 0 fully saturated rings. The summed E-state index contributed by atoms with van der Waals surface area (Å²) in [6, 6.07) is 50.9. The zero-order valence-corrected chi connectivity index (χ0v) is 42.5. The van der Waals surface area contributed by atoms with Crippen molar-refractivity contribution in [2.24, 2.45) is 0 Å². The average Bonchev–Trinajstić information content (AvgIpc) is 4.24. The fourth-order valence-electron chi connectivity index (χ4n) is 11.7. The van der Waals surface area contributed by atoms with Gasteiger partial charge in [-0.2, -0.15) is 15.1 Å². The Morgan fingerprint density at radius 2 is 1.49 bits per heavy atom. The molecule has 1 aromatic heterocycles. The monoisotopic (exact) mass is 1010 g/mol. The number of carbonyl (C=O) groups is 2. The number of furan rings is 1. The Morgan fingerprint density at radius 1 is 0.829 bits per heavy atom. The molecule has 76 heavy (non-hydrogen) atoms. The summed E-state index contributed by atoms with van der Waals surface area (Å²) in [4.78, 5) is 37.7. The Hall–Kier alpha value is -9.31. The molecule has 2 aliphatic rings. The van der Waals surface area contributed by atoms with E-state index in [0.717, 1.165) is 80.0 Å². The van der Waals surface area contributed by atoms with Crippen molar-refractivity contribution in [3.63, 3.8) is 0 Å². The summed E-state index contributed by atoms with van der Waals surface area (Å²) in [7, 11) is 0. The third-order valence-corrected chi connectivity index (χ3v) is 14.7. The van der Waals surface area contributed by atoms with Crippen LogP contribution in [0.4, 0.5) is 17.3 Å². The number of fused-ring (bicyclic) bond motifs is 7. The lowest BCUT2D eigenvalue weighted by Gasteiger charge is -2.32. The quantitative estimate of drug-likeness (QED) is 0.00840. The van der Waals surface area contributed by atoms with Gasteiger partial charge in [-0.25, -0.2) is 0 Å². The van der Waals surface area contributed by atoms with Crippen molar-refractivity contribution in [1.29, 1.82) is 10.5 Å². The Kier molecular flexibility index (Phi) is 15.5. The fraction of sp³-hybridized carbons (Fsp3) is 0.234. The summed E-state index contributed by atoms with van der Waals surface area (Å²) < 4.78 is 13.2. The molecule has 6 aromatic carbocycles. The molecule has 1 N–H and O–H groups in total. The lowest BCUT2D eigenvalue weighted by molar-refractivity contribution is -0.435. The zero-order valence-electron chi connectivity index (χ0n) is 42.5. The van der Waals surface area contributed by atoms with Gasteiger partial charge in [-0.05, 0) is 101 Å². The summed E-state index contributed by atoms with van der Waals surface area (Å²) >= 11 is 0. The highest BCUT2D eigenvalue weighted by molar-refractivity contribution is 6.21. The summed E-state index contributed by atoms with van der Waals surface area (Å²) in [5.74, 6) is 5.26. The molecule has 0 spiro atoms. The molecular weight excluding hydrogens is 951 g/mol. The maximum Gasteiger partial charge on any atom is 0.433 e. The lowest BCUT2D eigenvalue weighted by atomic mass is 9.66. The minimum atomic E-state index is -1.11. The van der Waals surface area contributed by atoms with E-state index < -0.39 is 27.6 Å².